The number of fused-ring (bicyclic) bond motifs is 2. The number of rotatable bonds is 2. The number of benzene rings is 2. The third kappa shape index (κ3) is 2.19. The van der Waals surface area contributed by atoms with Crippen molar-refractivity contribution in [3.8, 4) is 0 Å². The molecule has 0 saturated carbocycles. The standard InChI is InChI=1S/C17H9N3O5/c21-14-13-11(6-3-7-12(13)18-8-19-14)17(24)25-20-15(22)9-4-1-2-5-10(9)16(20)23/h1-8H,(H,18,19,21). The SMILES string of the molecule is O=C(ON1C(=O)c2ccccc2C1=O)c1cccc2nc[nH]c(=O)c12. The van der Waals surface area contributed by atoms with E-state index in [1.54, 1.807) is 18.2 Å². The van der Waals surface area contributed by atoms with Crippen molar-refractivity contribution in [1.29, 1.82) is 0 Å². The zero-order chi connectivity index (χ0) is 17.6. The van der Waals surface area contributed by atoms with Crippen molar-refractivity contribution >= 4 is 28.7 Å². The number of hydrogen-bond donors (Lipinski definition) is 1. The summed E-state index contributed by atoms with van der Waals surface area (Å²) in [5.74, 6) is -2.47. The quantitative estimate of drug-likeness (QED) is 0.707. The molecule has 4 rings (SSSR count). The van der Waals surface area contributed by atoms with Crippen molar-refractivity contribution in [2.24, 2.45) is 0 Å². The van der Waals surface area contributed by atoms with E-state index in [1.165, 1.54) is 30.6 Å². The molecule has 0 spiro atoms. The molecule has 8 nitrogen and oxygen atoms in total. The van der Waals surface area contributed by atoms with Crippen molar-refractivity contribution in [3.05, 3.63) is 75.8 Å². The summed E-state index contributed by atoms with van der Waals surface area (Å²) in [6.07, 6.45) is 1.21. The van der Waals surface area contributed by atoms with E-state index in [-0.39, 0.29) is 22.1 Å². The highest BCUT2D eigenvalue weighted by molar-refractivity contribution is 6.21. The Kier molecular flexibility index (Phi) is 3.17. The van der Waals surface area contributed by atoms with E-state index in [1.807, 2.05) is 0 Å². The van der Waals surface area contributed by atoms with Crippen LogP contribution in [-0.4, -0.2) is 32.8 Å². The second kappa shape index (κ2) is 5.38. The Morgan fingerprint density at radius 2 is 1.64 bits per heavy atom. The summed E-state index contributed by atoms with van der Waals surface area (Å²) in [6, 6.07) is 10.6. The van der Waals surface area contributed by atoms with Crippen molar-refractivity contribution < 1.29 is 19.2 Å². The first-order chi connectivity index (χ1) is 12.1. The highest BCUT2D eigenvalue weighted by Gasteiger charge is 2.39. The van der Waals surface area contributed by atoms with E-state index in [2.05, 4.69) is 9.97 Å². The summed E-state index contributed by atoms with van der Waals surface area (Å²) in [6.45, 7) is 0. The van der Waals surface area contributed by atoms with Crippen molar-refractivity contribution in [1.82, 2.24) is 15.0 Å². The molecule has 1 aliphatic heterocycles. The number of imide groups is 1. The Hall–Kier alpha value is -3.81. The Morgan fingerprint density at radius 3 is 2.32 bits per heavy atom. The van der Waals surface area contributed by atoms with Crippen LogP contribution in [0, 0.1) is 0 Å². The summed E-state index contributed by atoms with van der Waals surface area (Å²) in [4.78, 5) is 60.3. The van der Waals surface area contributed by atoms with Gasteiger partial charge < -0.3 is 9.82 Å². The highest BCUT2D eigenvalue weighted by atomic mass is 16.7. The Morgan fingerprint density at radius 1 is 0.960 bits per heavy atom. The lowest BCUT2D eigenvalue weighted by atomic mass is 10.1. The Labute approximate surface area is 139 Å². The molecule has 0 aliphatic carbocycles. The number of aromatic amines is 1. The number of carbonyl (C=O) groups is 3. The Balaban J connectivity index is 1.72. The van der Waals surface area contributed by atoms with Gasteiger partial charge in [0.05, 0.1) is 33.9 Å². The number of hydroxylamine groups is 2. The molecule has 1 N–H and O–H groups in total. The minimum atomic E-state index is -1.00. The molecule has 122 valence electrons. The Bertz CT molecular complexity index is 1080. The van der Waals surface area contributed by atoms with Crippen LogP contribution in [0.2, 0.25) is 0 Å². The molecule has 8 heteroatoms. The van der Waals surface area contributed by atoms with Gasteiger partial charge in [0.15, 0.2) is 0 Å². The molecule has 0 fully saturated rings. The summed E-state index contributed by atoms with van der Waals surface area (Å²) < 4.78 is 0. The van der Waals surface area contributed by atoms with Crippen molar-refractivity contribution in [3.63, 3.8) is 0 Å². The van der Waals surface area contributed by atoms with Gasteiger partial charge in [-0.15, -0.1) is 0 Å². The zero-order valence-corrected chi connectivity index (χ0v) is 12.6. The lowest BCUT2D eigenvalue weighted by Crippen LogP contribution is -2.33. The molecule has 0 bridgehead atoms. The van der Waals surface area contributed by atoms with E-state index in [4.69, 9.17) is 4.84 Å². The van der Waals surface area contributed by atoms with Crippen LogP contribution in [0.4, 0.5) is 0 Å². The number of hydrogen-bond acceptors (Lipinski definition) is 6. The number of carbonyl (C=O) groups excluding carboxylic acids is 3. The van der Waals surface area contributed by atoms with Crippen molar-refractivity contribution in [2.45, 2.75) is 0 Å². The number of H-pyrrole nitrogens is 1. The molecule has 0 radical (unpaired) electrons. The average molecular weight is 335 g/mol. The third-order valence-corrected chi connectivity index (χ3v) is 3.82. The predicted molar refractivity (Wildman–Crippen MR) is 84.7 cm³/mol. The highest BCUT2D eigenvalue weighted by Crippen LogP contribution is 2.24. The summed E-state index contributed by atoms with van der Waals surface area (Å²) >= 11 is 0. The first kappa shape index (κ1) is 14.8. The molecule has 2 heterocycles. The molecule has 2 amide bonds. The first-order valence-corrected chi connectivity index (χ1v) is 7.24. The maximum absolute atomic E-state index is 12.5. The van der Waals surface area contributed by atoms with Gasteiger partial charge in [0.25, 0.3) is 17.4 Å². The fourth-order valence-electron chi connectivity index (χ4n) is 2.67. The maximum Gasteiger partial charge on any atom is 0.364 e. The maximum atomic E-state index is 12.5. The minimum absolute atomic E-state index is 0.0200. The topological polar surface area (TPSA) is 109 Å². The van der Waals surface area contributed by atoms with Gasteiger partial charge in [0.1, 0.15) is 0 Å². The van der Waals surface area contributed by atoms with Crippen molar-refractivity contribution in [2.75, 3.05) is 0 Å². The molecule has 25 heavy (non-hydrogen) atoms. The molecule has 0 atom stereocenters. The zero-order valence-electron chi connectivity index (χ0n) is 12.6. The van der Waals surface area contributed by atoms with Crippen LogP contribution in [0.1, 0.15) is 31.1 Å². The van der Waals surface area contributed by atoms with E-state index < -0.39 is 23.3 Å². The second-order valence-electron chi connectivity index (χ2n) is 5.26. The molecular formula is C17H9N3O5. The molecular weight excluding hydrogens is 326 g/mol. The number of amides is 2. The van der Waals surface area contributed by atoms with Gasteiger partial charge in [-0.05, 0) is 24.3 Å². The molecule has 1 aromatic heterocycles. The van der Waals surface area contributed by atoms with Gasteiger partial charge in [0.2, 0.25) is 0 Å². The molecule has 1 aliphatic rings. The smallest absolute Gasteiger partial charge is 0.324 e. The average Bonchev–Trinajstić information content (AvgIpc) is 2.87. The van der Waals surface area contributed by atoms with E-state index in [9.17, 15) is 19.2 Å². The predicted octanol–water partition coefficient (Wildman–Crippen LogP) is 1.29. The lowest BCUT2D eigenvalue weighted by molar-refractivity contribution is -0.0583. The summed E-state index contributed by atoms with van der Waals surface area (Å²) in [7, 11) is 0. The van der Waals surface area contributed by atoms with Crippen LogP contribution in [0.5, 0.6) is 0 Å². The molecule has 3 aromatic rings. The fraction of sp³-hybridized carbons (Fsp3) is 0. The van der Waals surface area contributed by atoms with Crippen LogP contribution in [0.25, 0.3) is 10.9 Å². The van der Waals surface area contributed by atoms with Crippen LogP contribution in [-0.2, 0) is 4.84 Å². The van der Waals surface area contributed by atoms with Gasteiger partial charge in [-0.3, -0.25) is 14.4 Å². The van der Waals surface area contributed by atoms with Crippen LogP contribution < -0.4 is 5.56 Å². The molecule has 0 unspecified atom stereocenters. The van der Waals surface area contributed by atoms with Gasteiger partial charge >= 0.3 is 5.97 Å². The van der Waals surface area contributed by atoms with Crippen LogP contribution in [0.15, 0.2) is 53.6 Å². The van der Waals surface area contributed by atoms with E-state index in [0.717, 1.165) is 0 Å². The molecule has 2 aromatic carbocycles. The number of aromatic nitrogens is 2. The minimum Gasteiger partial charge on any atom is -0.324 e. The van der Waals surface area contributed by atoms with E-state index >= 15 is 0 Å². The normalized spacial score (nSPS) is 13.2. The van der Waals surface area contributed by atoms with Crippen LogP contribution >= 0.6 is 0 Å². The molecule has 0 saturated heterocycles. The largest absolute Gasteiger partial charge is 0.364 e. The summed E-state index contributed by atoms with van der Waals surface area (Å²) in [5.41, 5.74) is -0.0284. The monoisotopic (exact) mass is 335 g/mol. The number of nitrogens with zero attached hydrogens (tertiary/aromatic N) is 2. The van der Waals surface area contributed by atoms with Gasteiger partial charge in [-0.1, -0.05) is 23.3 Å². The fourth-order valence-corrected chi connectivity index (χ4v) is 2.67. The number of nitrogens with one attached hydrogen (secondary N) is 1. The first-order valence-electron chi connectivity index (χ1n) is 7.24. The summed E-state index contributed by atoms with van der Waals surface area (Å²) in [5, 5.41) is 0.419. The second-order valence-corrected chi connectivity index (χ2v) is 5.26. The van der Waals surface area contributed by atoms with Crippen LogP contribution in [0.3, 0.4) is 0 Å². The van der Waals surface area contributed by atoms with Gasteiger partial charge in [-0.2, -0.15) is 0 Å². The van der Waals surface area contributed by atoms with Gasteiger partial charge in [0, 0.05) is 0 Å². The third-order valence-electron chi connectivity index (χ3n) is 3.82. The van der Waals surface area contributed by atoms with E-state index in [0.29, 0.717) is 10.6 Å². The van der Waals surface area contributed by atoms with Gasteiger partial charge in [-0.25, -0.2) is 9.78 Å². The lowest BCUT2D eigenvalue weighted by Gasteiger charge is -2.13.